The van der Waals surface area contributed by atoms with Gasteiger partial charge in [0.05, 0.1) is 0 Å². The highest BCUT2D eigenvalue weighted by molar-refractivity contribution is 6.09. The lowest BCUT2D eigenvalue weighted by Gasteiger charge is -2.09. The molecule has 0 spiro atoms. The van der Waals surface area contributed by atoms with E-state index in [4.69, 9.17) is 4.42 Å². The SMILES string of the molecule is C=C/C(=C\C=C/C)c1ccc(Nc2ccc(-c3cccc4c3oc3ccccc34)cc2)cc1. The van der Waals surface area contributed by atoms with Crippen molar-refractivity contribution in [3.8, 4) is 11.1 Å². The van der Waals surface area contributed by atoms with E-state index in [1.54, 1.807) is 0 Å². The van der Waals surface area contributed by atoms with E-state index in [2.05, 4.69) is 90.8 Å². The summed E-state index contributed by atoms with van der Waals surface area (Å²) in [5.41, 5.74) is 8.40. The molecule has 1 aromatic heterocycles. The van der Waals surface area contributed by atoms with Crippen molar-refractivity contribution in [3.63, 3.8) is 0 Å². The van der Waals surface area contributed by atoms with Crippen molar-refractivity contribution in [1.82, 2.24) is 0 Å². The van der Waals surface area contributed by atoms with Gasteiger partial charge in [0.2, 0.25) is 0 Å². The zero-order valence-electron chi connectivity index (χ0n) is 18.6. The lowest BCUT2D eigenvalue weighted by molar-refractivity contribution is 0.670. The summed E-state index contributed by atoms with van der Waals surface area (Å²) in [5, 5.41) is 5.78. The Kier molecular flexibility index (Phi) is 5.65. The number of furan rings is 1. The van der Waals surface area contributed by atoms with Crippen LogP contribution in [0, 0.1) is 0 Å². The summed E-state index contributed by atoms with van der Waals surface area (Å²) in [5.74, 6) is 0. The van der Waals surface area contributed by atoms with E-state index in [1.807, 2.05) is 43.4 Å². The highest BCUT2D eigenvalue weighted by Gasteiger charge is 2.11. The number of benzene rings is 4. The van der Waals surface area contributed by atoms with Gasteiger partial charge in [-0.25, -0.2) is 0 Å². The molecule has 0 amide bonds. The molecule has 5 rings (SSSR count). The summed E-state index contributed by atoms with van der Waals surface area (Å²) < 4.78 is 6.20. The fraction of sp³-hybridized carbons (Fsp3) is 0.0323. The number of rotatable bonds is 6. The quantitative estimate of drug-likeness (QED) is 0.273. The molecule has 1 heterocycles. The van der Waals surface area contributed by atoms with Gasteiger partial charge >= 0.3 is 0 Å². The highest BCUT2D eigenvalue weighted by Crippen LogP contribution is 2.36. The van der Waals surface area contributed by atoms with E-state index in [-0.39, 0.29) is 0 Å². The summed E-state index contributed by atoms with van der Waals surface area (Å²) in [6.07, 6.45) is 7.98. The minimum Gasteiger partial charge on any atom is -0.455 e. The first-order valence-electron chi connectivity index (χ1n) is 11.1. The third-order valence-corrected chi connectivity index (χ3v) is 5.80. The van der Waals surface area contributed by atoms with Gasteiger partial charge in [0, 0.05) is 27.7 Å². The van der Waals surface area contributed by atoms with Gasteiger partial charge in [-0.3, -0.25) is 0 Å². The van der Waals surface area contributed by atoms with Gasteiger partial charge in [-0.1, -0.05) is 91.5 Å². The molecule has 0 unspecified atom stereocenters. The lowest BCUT2D eigenvalue weighted by Crippen LogP contribution is -1.91. The van der Waals surface area contributed by atoms with Crippen LogP contribution in [0.1, 0.15) is 12.5 Å². The first kappa shape index (κ1) is 20.6. The maximum atomic E-state index is 6.20. The van der Waals surface area contributed by atoms with Crippen LogP contribution in [0.5, 0.6) is 0 Å². The number of fused-ring (bicyclic) bond motifs is 3. The van der Waals surface area contributed by atoms with Crippen molar-refractivity contribution in [3.05, 3.63) is 127 Å². The first-order valence-corrected chi connectivity index (χ1v) is 11.1. The van der Waals surface area contributed by atoms with E-state index < -0.39 is 0 Å². The Morgan fingerprint density at radius 2 is 1.48 bits per heavy atom. The molecule has 4 aromatic carbocycles. The minimum absolute atomic E-state index is 0.918. The van der Waals surface area contributed by atoms with Crippen LogP contribution in [0.25, 0.3) is 38.6 Å². The van der Waals surface area contributed by atoms with Crippen molar-refractivity contribution in [2.75, 3.05) is 5.32 Å². The van der Waals surface area contributed by atoms with Crippen molar-refractivity contribution in [2.45, 2.75) is 6.92 Å². The predicted octanol–water partition coefficient (Wildman–Crippen LogP) is 9.14. The van der Waals surface area contributed by atoms with Crippen LogP contribution in [-0.2, 0) is 0 Å². The molecule has 33 heavy (non-hydrogen) atoms. The van der Waals surface area contributed by atoms with Crippen LogP contribution < -0.4 is 5.32 Å². The van der Waals surface area contributed by atoms with Gasteiger partial charge in [0.15, 0.2) is 0 Å². The summed E-state index contributed by atoms with van der Waals surface area (Å²) in [6, 6.07) is 31.4. The Bertz CT molecular complexity index is 1480. The molecule has 0 radical (unpaired) electrons. The second-order valence-electron chi connectivity index (χ2n) is 7.91. The molecule has 0 atom stereocenters. The van der Waals surface area contributed by atoms with E-state index in [1.165, 1.54) is 0 Å². The number of anilines is 2. The molecule has 5 aromatic rings. The van der Waals surface area contributed by atoms with Crippen LogP contribution in [0.2, 0.25) is 0 Å². The molecule has 0 aliphatic rings. The Morgan fingerprint density at radius 1 is 0.788 bits per heavy atom. The normalized spacial score (nSPS) is 12.0. The third kappa shape index (κ3) is 4.11. The average Bonchev–Trinajstić information content (AvgIpc) is 3.25. The molecule has 2 heteroatoms. The van der Waals surface area contributed by atoms with Crippen molar-refractivity contribution >= 4 is 38.9 Å². The van der Waals surface area contributed by atoms with Crippen molar-refractivity contribution in [2.24, 2.45) is 0 Å². The topological polar surface area (TPSA) is 25.2 Å². The average molecular weight is 428 g/mol. The van der Waals surface area contributed by atoms with Crippen molar-refractivity contribution in [1.29, 1.82) is 0 Å². The second kappa shape index (κ2) is 9.05. The van der Waals surface area contributed by atoms with Gasteiger partial charge in [-0.15, -0.1) is 0 Å². The van der Waals surface area contributed by atoms with E-state index >= 15 is 0 Å². The van der Waals surface area contributed by atoms with Crippen LogP contribution in [0.15, 0.2) is 126 Å². The standard InChI is InChI=1S/C31H25NO/c1-3-5-9-22(4-2)23-14-18-25(19-15-23)32-26-20-16-24(17-21-26)27-11-8-12-29-28-10-6-7-13-30(28)33-31(27)29/h3-21,32H,2H2,1H3/b5-3-,22-9+. The molecule has 0 aliphatic carbocycles. The van der Waals surface area contributed by atoms with E-state index in [0.717, 1.165) is 55.6 Å². The zero-order valence-corrected chi connectivity index (χ0v) is 18.6. The number of allylic oxidation sites excluding steroid dienone is 5. The molecule has 160 valence electrons. The zero-order chi connectivity index (χ0) is 22.6. The minimum atomic E-state index is 0.918. The van der Waals surface area contributed by atoms with Crippen LogP contribution in [-0.4, -0.2) is 0 Å². The summed E-state index contributed by atoms with van der Waals surface area (Å²) in [4.78, 5) is 0. The number of nitrogens with one attached hydrogen (secondary N) is 1. The maximum absolute atomic E-state index is 6.20. The fourth-order valence-corrected chi connectivity index (χ4v) is 4.10. The first-order chi connectivity index (χ1) is 16.3. The van der Waals surface area contributed by atoms with E-state index in [0.29, 0.717) is 0 Å². The molecule has 0 saturated carbocycles. The van der Waals surface area contributed by atoms with Crippen molar-refractivity contribution < 1.29 is 4.42 Å². The molecule has 1 N–H and O–H groups in total. The Labute approximate surface area is 194 Å². The highest BCUT2D eigenvalue weighted by atomic mass is 16.3. The smallest absolute Gasteiger partial charge is 0.143 e. The largest absolute Gasteiger partial charge is 0.455 e. The third-order valence-electron chi connectivity index (χ3n) is 5.80. The number of para-hydroxylation sites is 2. The van der Waals surface area contributed by atoms with Crippen LogP contribution >= 0.6 is 0 Å². The Morgan fingerprint density at radius 3 is 2.21 bits per heavy atom. The Balaban J connectivity index is 1.39. The van der Waals surface area contributed by atoms with Crippen LogP contribution in [0.4, 0.5) is 11.4 Å². The summed E-state index contributed by atoms with van der Waals surface area (Å²) >= 11 is 0. The molecule has 0 aliphatic heterocycles. The monoisotopic (exact) mass is 427 g/mol. The van der Waals surface area contributed by atoms with Gasteiger partial charge in [-0.2, -0.15) is 0 Å². The Hall–Kier alpha value is -4.30. The molecule has 0 saturated heterocycles. The molecule has 2 nitrogen and oxygen atoms in total. The van der Waals surface area contributed by atoms with Gasteiger partial charge in [0.25, 0.3) is 0 Å². The second-order valence-corrected chi connectivity index (χ2v) is 7.91. The van der Waals surface area contributed by atoms with Gasteiger partial charge in [0.1, 0.15) is 11.2 Å². The fourth-order valence-electron chi connectivity index (χ4n) is 4.10. The molecule has 0 bridgehead atoms. The summed E-state index contributed by atoms with van der Waals surface area (Å²) in [7, 11) is 0. The maximum Gasteiger partial charge on any atom is 0.143 e. The van der Waals surface area contributed by atoms with E-state index in [9.17, 15) is 0 Å². The van der Waals surface area contributed by atoms with Gasteiger partial charge < -0.3 is 9.73 Å². The molecular formula is C31H25NO. The van der Waals surface area contributed by atoms with Crippen LogP contribution in [0.3, 0.4) is 0 Å². The predicted molar refractivity (Wildman–Crippen MR) is 142 cm³/mol. The van der Waals surface area contributed by atoms with Gasteiger partial charge in [-0.05, 0) is 54.0 Å². The lowest BCUT2D eigenvalue weighted by atomic mass is 10.0. The molecule has 0 fully saturated rings. The molecular weight excluding hydrogens is 402 g/mol. The number of hydrogen-bond donors (Lipinski definition) is 1. The summed E-state index contributed by atoms with van der Waals surface area (Å²) in [6.45, 7) is 5.93. The number of hydrogen-bond acceptors (Lipinski definition) is 2.